The van der Waals surface area contributed by atoms with E-state index in [1.54, 1.807) is 24.3 Å². The molecule has 0 radical (unpaired) electrons. The van der Waals surface area contributed by atoms with Crippen LogP contribution >= 0.6 is 0 Å². The molecule has 0 atom stereocenters. The van der Waals surface area contributed by atoms with E-state index in [1.165, 1.54) is 19.4 Å². The zero-order chi connectivity index (χ0) is 17.6. The van der Waals surface area contributed by atoms with Gasteiger partial charge in [-0.05, 0) is 42.5 Å². The van der Waals surface area contributed by atoms with E-state index in [-0.39, 0.29) is 11.7 Å². The van der Waals surface area contributed by atoms with Crippen LogP contribution < -0.4 is 10.2 Å². The summed E-state index contributed by atoms with van der Waals surface area (Å²) in [6.45, 7) is 0. The Hall–Kier alpha value is -3.54. The minimum Gasteiger partial charge on any atom is -0.507 e. The predicted molar refractivity (Wildman–Crippen MR) is 95.5 cm³/mol. The fraction of sp³-hybridized carbons (Fsp3) is 0.0526. The fourth-order valence-corrected chi connectivity index (χ4v) is 2.37. The number of phenols is 1. The molecule has 0 spiro atoms. The molecule has 1 aromatic heterocycles. The number of aromatic hydroxyl groups is 1. The molecule has 0 aliphatic rings. The summed E-state index contributed by atoms with van der Waals surface area (Å²) in [5, 5.41) is 13.7. The number of hydrogen-bond donors (Lipinski definition) is 2. The molecule has 0 saturated heterocycles. The van der Waals surface area contributed by atoms with E-state index in [0.29, 0.717) is 16.9 Å². The Morgan fingerprint density at radius 3 is 2.68 bits per heavy atom. The number of methoxy groups -OCH3 is 1. The third-order valence-electron chi connectivity index (χ3n) is 3.64. The summed E-state index contributed by atoms with van der Waals surface area (Å²) in [6.07, 6.45) is 5.10. The fourth-order valence-electron chi connectivity index (χ4n) is 2.37. The normalized spacial score (nSPS) is 10.8. The molecule has 0 aliphatic carbocycles. The van der Waals surface area contributed by atoms with E-state index >= 15 is 0 Å². The van der Waals surface area contributed by atoms with Gasteiger partial charge < -0.3 is 14.4 Å². The van der Waals surface area contributed by atoms with Gasteiger partial charge in [-0.1, -0.05) is 12.1 Å². The van der Waals surface area contributed by atoms with Crippen molar-refractivity contribution < 1.29 is 14.6 Å². The van der Waals surface area contributed by atoms with Gasteiger partial charge in [0.15, 0.2) is 0 Å². The molecule has 1 heterocycles. The van der Waals surface area contributed by atoms with Crippen LogP contribution in [-0.4, -0.2) is 28.9 Å². The molecular formula is C19H17N3O3. The van der Waals surface area contributed by atoms with Crippen LogP contribution in [0.4, 0.5) is 0 Å². The minimum absolute atomic E-state index is 0.0477. The average molecular weight is 335 g/mol. The first kappa shape index (κ1) is 16.3. The van der Waals surface area contributed by atoms with Crippen molar-refractivity contribution in [3.63, 3.8) is 0 Å². The summed E-state index contributed by atoms with van der Waals surface area (Å²) in [7, 11) is 1.53. The number of hydrazone groups is 1. The van der Waals surface area contributed by atoms with Gasteiger partial charge in [-0.2, -0.15) is 5.10 Å². The highest BCUT2D eigenvalue weighted by molar-refractivity contribution is 5.98. The molecule has 3 aromatic rings. The van der Waals surface area contributed by atoms with Gasteiger partial charge in [0.05, 0.1) is 24.6 Å². The van der Waals surface area contributed by atoms with Gasteiger partial charge in [-0.3, -0.25) is 4.79 Å². The van der Waals surface area contributed by atoms with Crippen LogP contribution in [0.15, 0.2) is 72.1 Å². The van der Waals surface area contributed by atoms with Crippen LogP contribution in [-0.2, 0) is 0 Å². The summed E-state index contributed by atoms with van der Waals surface area (Å²) < 4.78 is 6.95. The molecule has 25 heavy (non-hydrogen) atoms. The van der Waals surface area contributed by atoms with Gasteiger partial charge in [0.25, 0.3) is 5.91 Å². The molecule has 126 valence electrons. The highest BCUT2D eigenvalue weighted by Crippen LogP contribution is 2.21. The van der Waals surface area contributed by atoms with Crippen LogP contribution in [0.1, 0.15) is 15.9 Å². The maximum absolute atomic E-state index is 12.4. The first-order valence-electron chi connectivity index (χ1n) is 7.62. The molecule has 3 rings (SSSR count). The summed E-state index contributed by atoms with van der Waals surface area (Å²) in [5.41, 5.74) is 4.17. The van der Waals surface area contributed by atoms with Gasteiger partial charge in [-0.25, -0.2) is 5.43 Å². The molecule has 0 aliphatic heterocycles. The largest absolute Gasteiger partial charge is 0.507 e. The van der Waals surface area contributed by atoms with Crippen LogP contribution in [0, 0.1) is 0 Å². The number of hydrogen-bond acceptors (Lipinski definition) is 4. The number of carbonyl (C=O) groups is 1. The lowest BCUT2D eigenvalue weighted by atomic mass is 10.1. The maximum atomic E-state index is 12.4. The lowest BCUT2D eigenvalue weighted by molar-refractivity contribution is 0.0955. The Morgan fingerprint density at radius 1 is 1.16 bits per heavy atom. The quantitative estimate of drug-likeness (QED) is 0.556. The van der Waals surface area contributed by atoms with Gasteiger partial charge in [0.2, 0.25) is 0 Å². The van der Waals surface area contributed by atoms with Gasteiger partial charge in [0.1, 0.15) is 11.5 Å². The zero-order valence-corrected chi connectivity index (χ0v) is 13.6. The second-order valence-corrected chi connectivity index (χ2v) is 5.23. The molecule has 0 bridgehead atoms. The number of nitrogens with zero attached hydrogens (tertiary/aromatic N) is 2. The summed E-state index contributed by atoms with van der Waals surface area (Å²) >= 11 is 0. The summed E-state index contributed by atoms with van der Waals surface area (Å²) in [6, 6.07) is 15.8. The Kier molecular flexibility index (Phi) is 4.80. The van der Waals surface area contributed by atoms with Crippen molar-refractivity contribution in [2.24, 2.45) is 5.10 Å². The number of phenolic OH excluding ortho intramolecular Hbond substituents is 1. The highest BCUT2D eigenvalue weighted by atomic mass is 16.5. The highest BCUT2D eigenvalue weighted by Gasteiger charge is 2.11. The molecular weight excluding hydrogens is 318 g/mol. The topological polar surface area (TPSA) is 75.8 Å². The summed E-state index contributed by atoms with van der Waals surface area (Å²) in [5.74, 6) is 0.290. The van der Waals surface area contributed by atoms with E-state index in [1.807, 2.05) is 41.2 Å². The minimum atomic E-state index is -0.345. The Labute approximate surface area is 145 Å². The number of rotatable bonds is 5. The van der Waals surface area contributed by atoms with Crippen LogP contribution in [0.25, 0.3) is 5.69 Å². The number of amides is 1. The zero-order valence-electron chi connectivity index (χ0n) is 13.6. The van der Waals surface area contributed by atoms with E-state index in [4.69, 9.17) is 4.74 Å². The Morgan fingerprint density at radius 2 is 1.92 bits per heavy atom. The Bertz CT molecular complexity index is 902. The van der Waals surface area contributed by atoms with Crippen molar-refractivity contribution in [2.45, 2.75) is 0 Å². The van der Waals surface area contributed by atoms with Gasteiger partial charge in [0, 0.05) is 18.0 Å². The second-order valence-electron chi connectivity index (χ2n) is 5.23. The van der Waals surface area contributed by atoms with Gasteiger partial charge >= 0.3 is 0 Å². The lowest BCUT2D eigenvalue weighted by Gasteiger charge is -2.09. The second kappa shape index (κ2) is 7.35. The third-order valence-corrected chi connectivity index (χ3v) is 3.64. The van der Waals surface area contributed by atoms with Crippen LogP contribution in [0.2, 0.25) is 0 Å². The van der Waals surface area contributed by atoms with E-state index < -0.39 is 0 Å². The molecule has 2 aromatic carbocycles. The van der Waals surface area contributed by atoms with E-state index in [9.17, 15) is 9.90 Å². The molecule has 0 unspecified atom stereocenters. The number of carbonyl (C=O) groups excluding carboxylic acids is 1. The van der Waals surface area contributed by atoms with Crippen LogP contribution in [0.5, 0.6) is 11.5 Å². The number of para-hydroxylation sites is 1. The van der Waals surface area contributed by atoms with Crippen LogP contribution in [0.3, 0.4) is 0 Å². The summed E-state index contributed by atoms with van der Waals surface area (Å²) in [4.78, 5) is 12.4. The SMILES string of the molecule is COc1ccc(O)c(/C=N/NC(=O)c2ccccc2-n2cccc2)c1. The smallest absolute Gasteiger partial charge is 0.273 e. The van der Waals surface area contributed by atoms with Crippen molar-refractivity contribution in [2.75, 3.05) is 7.11 Å². The van der Waals surface area contributed by atoms with E-state index in [0.717, 1.165) is 5.69 Å². The standard InChI is InChI=1S/C19H17N3O3/c1-25-15-8-9-18(23)14(12-15)13-20-21-19(24)16-6-2-3-7-17(16)22-10-4-5-11-22/h2-13,23H,1H3,(H,21,24)/b20-13+. The molecule has 0 fully saturated rings. The lowest BCUT2D eigenvalue weighted by Crippen LogP contribution is -2.19. The number of ether oxygens (including phenoxy) is 1. The molecule has 1 amide bonds. The maximum Gasteiger partial charge on any atom is 0.273 e. The first-order valence-corrected chi connectivity index (χ1v) is 7.62. The van der Waals surface area contributed by atoms with Crippen molar-refractivity contribution in [3.8, 4) is 17.2 Å². The number of aromatic nitrogens is 1. The van der Waals surface area contributed by atoms with Gasteiger partial charge in [-0.15, -0.1) is 0 Å². The molecule has 2 N–H and O–H groups in total. The molecule has 6 nitrogen and oxygen atoms in total. The van der Waals surface area contributed by atoms with Crippen molar-refractivity contribution in [3.05, 3.63) is 78.1 Å². The van der Waals surface area contributed by atoms with Crippen molar-refractivity contribution >= 4 is 12.1 Å². The average Bonchev–Trinajstić information content (AvgIpc) is 3.17. The van der Waals surface area contributed by atoms with E-state index in [2.05, 4.69) is 10.5 Å². The van der Waals surface area contributed by atoms with Crippen molar-refractivity contribution in [1.82, 2.24) is 9.99 Å². The predicted octanol–water partition coefficient (Wildman–Crippen LogP) is 2.96. The number of nitrogens with one attached hydrogen (secondary N) is 1. The first-order chi connectivity index (χ1) is 12.2. The third kappa shape index (κ3) is 3.69. The van der Waals surface area contributed by atoms with Crippen molar-refractivity contribution in [1.29, 1.82) is 0 Å². The monoisotopic (exact) mass is 335 g/mol. The number of benzene rings is 2. The molecule has 6 heteroatoms. The Balaban J connectivity index is 1.78. The molecule has 0 saturated carbocycles.